The van der Waals surface area contributed by atoms with Crippen molar-refractivity contribution in [1.82, 2.24) is 0 Å². The zero-order valence-corrected chi connectivity index (χ0v) is 12.2. The third-order valence-electron chi connectivity index (χ3n) is 2.78. The molecule has 0 atom stereocenters. The molecule has 2 heteroatoms. The van der Waals surface area contributed by atoms with Gasteiger partial charge < -0.3 is 4.74 Å². The number of unbranched alkanes of at least 4 members (excludes halogenated alkanes) is 6. The average Bonchev–Trinajstić information content (AvgIpc) is 2.36. The molecule has 104 valence electrons. The van der Waals surface area contributed by atoms with Crippen LogP contribution in [0.15, 0.2) is 23.8 Å². The Bertz CT molecular complexity index is 264. The van der Waals surface area contributed by atoms with E-state index >= 15 is 0 Å². The number of carbonyl (C=O) groups excluding carboxylic acids is 1. The molecule has 0 aliphatic heterocycles. The van der Waals surface area contributed by atoms with Gasteiger partial charge in [-0.3, -0.25) is 0 Å². The van der Waals surface area contributed by atoms with Gasteiger partial charge in [0.05, 0.1) is 12.2 Å². The predicted molar refractivity (Wildman–Crippen MR) is 77.5 cm³/mol. The Morgan fingerprint density at radius 2 is 1.72 bits per heavy atom. The third-order valence-corrected chi connectivity index (χ3v) is 2.78. The molecule has 0 bridgehead atoms. The van der Waals surface area contributed by atoms with Crippen molar-refractivity contribution < 1.29 is 9.53 Å². The van der Waals surface area contributed by atoms with Crippen LogP contribution in [0.5, 0.6) is 0 Å². The van der Waals surface area contributed by atoms with E-state index in [-0.39, 0.29) is 5.97 Å². The highest BCUT2D eigenvalue weighted by atomic mass is 16.5. The highest BCUT2D eigenvalue weighted by Gasteiger charge is 2.05. The van der Waals surface area contributed by atoms with Crippen LogP contribution in [0.25, 0.3) is 0 Å². The maximum Gasteiger partial charge on any atom is 0.337 e. The molecule has 0 heterocycles. The maximum absolute atomic E-state index is 11.6. The standard InChI is InChI=1S/C16H28O2/c1-4-7-8-9-10-11-12-14-15(13-5-2)16(17)18-6-3/h5,13-14H,4,6-12H2,1-3H3/b13-5+,15-14-. The van der Waals surface area contributed by atoms with Crippen LogP contribution in [-0.2, 0) is 9.53 Å². The van der Waals surface area contributed by atoms with Crippen molar-refractivity contribution in [2.24, 2.45) is 0 Å². The van der Waals surface area contributed by atoms with Gasteiger partial charge in [-0.15, -0.1) is 0 Å². The van der Waals surface area contributed by atoms with Gasteiger partial charge in [0, 0.05) is 0 Å². The quantitative estimate of drug-likeness (QED) is 0.241. The molecule has 2 nitrogen and oxygen atoms in total. The van der Waals surface area contributed by atoms with Gasteiger partial charge in [0.2, 0.25) is 0 Å². The van der Waals surface area contributed by atoms with Gasteiger partial charge >= 0.3 is 5.97 Å². The van der Waals surface area contributed by atoms with Gasteiger partial charge in [0.1, 0.15) is 0 Å². The summed E-state index contributed by atoms with van der Waals surface area (Å²) in [5, 5.41) is 0. The Morgan fingerprint density at radius 3 is 2.33 bits per heavy atom. The van der Waals surface area contributed by atoms with Crippen molar-refractivity contribution in [1.29, 1.82) is 0 Å². The SMILES string of the molecule is C/C=C/C(=C/CCCCCCCC)C(=O)OCC. The highest BCUT2D eigenvalue weighted by Crippen LogP contribution is 2.10. The van der Waals surface area contributed by atoms with Crippen molar-refractivity contribution in [2.75, 3.05) is 6.61 Å². The first-order valence-electron chi connectivity index (χ1n) is 7.26. The fraction of sp³-hybridized carbons (Fsp3) is 0.688. The monoisotopic (exact) mass is 252 g/mol. The first-order chi connectivity index (χ1) is 8.76. The second-order valence-corrected chi connectivity index (χ2v) is 4.44. The molecule has 18 heavy (non-hydrogen) atoms. The molecule has 0 aromatic carbocycles. The van der Waals surface area contributed by atoms with E-state index in [9.17, 15) is 4.79 Å². The van der Waals surface area contributed by atoms with Gasteiger partial charge in [0.15, 0.2) is 0 Å². The molecule has 0 aliphatic carbocycles. The van der Waals surface area contributed by atoms with Gasteiger partial charge in [-0.05, 0) is 26.7 Å². The number of hydrogen-bond donors (Lipinski definition) is 0. The number of allylic oxidation sites excluding steroid dienone is 2. The molecule has 0 spiro atoms. The minimum atomic E-state index is -0.207. The van der Waals surface area contributed by atoms with Crippen LogP contribution >= 0.6 is 0 Å². The molecule has 0 radical (unpaired) electrons. The van der Waals surface area contributed by atoms with Crippen LogP contribution in [0.1, 0.15) is 65.7 Å². The summed E-state index contributed by atoms with van der Waals surface area (Å²) < 4.78 is 5.01. The highest BCUT2D eigenvalue weighted by molar-refractivity contribution is 5.91. The van der Waals surface area contributed by atoms with Crippen LogP contribution in [0, 0.1) is 0 Å². The van der Waals surface area contributed by atoms with Crippen LogP contribution in [-0.4, -0.2) is 12.6 Å². The number of esters is 1. The molecule has 0 aliphatic rings. The second kappa shape index (κ2) is 12.4. The number of rotatable bonds is 10. The van der Waals surface area contributed by atoms with Gasteiger partial charge in [-0.1, -0.05) is 57.3 Å². The fourth-order valence-electron chi connectivity index (χ4n) is 1.80. The van der Waals surface area contributed by atoms with Gasteiger partial charge in [-0.2, -0.15) is 0 Å². The molecule has 0 saturated carbocycles. The Kier molecular flexibility index (Phi) is 11.7. The molecule has 0 unspecified atom stereocenters. The van der Waals surface area contributed by atoms with E-state index in [2.05, 4.69) is 6.92 Å². The number of carbonyl (C=O) groups is 1. The van der Waals surface area contributed by atoms with Crippen LogP contribution in [0.3, 0.4) is 0 Å². The van der Waals surface area contributed by atoms with E-state index in [4.69, 9.17) is 4.74 Å². The Morgan fingerprint density at radius 1 is 1.06 bits per heavy atom. The smallest absolute Gasteiger partial charge is 0.337 e. The summed E-state index contributed by atoms with van der Waals surface area (Å²) in [5.41, 5.74) is 0.688. The summed E-state index contributed by atoms with van der Waals surface area (Å²) in [4.78, 5) is 11.6. The van der Waals surface area contributed by atoms with E-state index in [0.717, 1.165) is 12.8 Å². The first-order valence-corrected chi connectivity index (χ1v) is 7.26. The Balaban J connectivity index is 3.90. The molecular weight excluding hydrogens is 224 g/mol. The van der Waals surface area contributed by atoms with Crippen molar-refractivity contribution in [3.05, 3.63) is 23.8 Å². The summed E-state index contributed by atoms with van der Waals surface area (Å²) in [7, 11) is 0. The van der Waals surface area contributed by atoms with Crippen LogP contribution in [0.2, 0.25) is 0 Å². The summed E-state index contributed by atoms with van der Waals surface area (Å²) in [6, 6.07) is 0. The molecule has 0 aromatic heterocycles. The largest absolute Gasteiger partial charge is 0.462 e. The average molecular weight is 252 g/mol. The molecule has 0 saturated heterocycles. The fourth-order valence-corrected chi connectivity index (χ4v) is 1.80. The minimum absolute atomic E-state index is 0.207. The summed E-state index contributed by atoms with van der Waals surface area (Å²) in [5.74, 6) is -0.207. The van der Waals surface area contributed by atoms with Crippen molar-refractivity contribution in [2.45, 2.75) is 65.7 Å². The van der Waals surface area contributed by atoms with E-state index in [1.807, 2.05) is 32.1 Å². The maximum atomic E-state index is 11.6. The Labute approximate surface area is 112 Å². The normalized spacial score (nSPS) is 12.1. The lowest BCUT2D eigenvalue weighted by atomic mass is 10.1. The van der Waals surface area contributed by atoms with Gasteiger partial charge in [-0.25, -0.2) is 4.79 Å². The van der Waals surface area contributed by atoms with Crippen molar-refractivity contribution in [3.63, 3.8) is 0 Å². The topological polar surface area (TPSA) is 26.3 Å². The Hall–Kier alpha value is -1.05. The lowest BCUT2D eigenvalue weighted by molar-refractivity contribution is -0.138. The predicted octanol–water partition coefficient (Wildman–Crippen LogP) is 4.80. The minimum Gasteiger partial charge on any atom is -0.462 e. The number of hydrogen-bond acceptors (Lipinski definition) is 2. The van der Waals surface area contributed by atoms with Crippen LogP contribution in [0.4, 0.5) is 0 Å². The van der Waals surface area contributed by atoms with E-state index in [1.165, 1.54) is 32.1 Å². The lowest BCUT2D eigenvalue weighted by Crippen LogP contribution is -2.05. The van der Waals surface area contributed by atoms with Gasteiger partial charge in [0.25, 0.3) is 0 Å². The summed E-state index contributed by atoms with van der Waals surface area (Å²) in [6.45, 7) is 6.41. The summed E-state index contributed by atoms with van der Waals surface area (Å²) >= 11 is 0. The van der Waals surface area contributed by atoms with Crippen LogP contribution < -0.4 is 0 Å². The second-order valence-electron chi connectivity index (χ2n) is 4.44. The van der Waals surface area contributed by atoms with E-state index in [0.29, 0.717) is 12.2 Å². The molecule has 0 rings (SSSR count). The molecule has 0 aromatic rings. The zero-order valence-electron chi connectivity index (χ0n) is 12.2. The van der Waals surface area contributed by atoms with Crippen molar-refractivity contribution in [3.8, 4) is 0 Å². The zero-order chi connectivity index (χ0) is 13.6. The molecule has 0 N–H and O–H groups in total. The van der Waals surface area contributed by atoms with E-state index in [1.54, 1.807) is 0 Å². The number of ether oxygens (including phenoxy) is 1. The van der Waals surface area contributed by atoms with E-state index < -0.39 is 0 Å². The molecular formula is C16H28O2. The first kappa shape index (κ1) is 16.9. The molecule has 0 fully saturated rings. The molecule has 0 amide bonds. The van der Waals surface area contributed by atoms with Crippen molar-refractivity contribution >= 4 is 5.97 Å². The summed E-state index contributed by atoms with van der Waals surface area (Å²) in [6.07, 6.45) is 14.3. The third kappa shape index (κ3) is 9.03. The lowest BCUT2D eigenvalue weighted by Gasteiger charge is -2.03.